The number of nitrogens with one attached hydrogen (secondary N) is 2. The van der Waals surface area contributed by atoms with Gasteiger partial charge in [-0.2, -0.15) is 0 Å². The number of morpholine rings is 1. The Morgan fingerprint density at radius 1 is 1.38 bits per heavy atom. The van der Waals surface area contributed by atoms with E-state index in [1.807, 2.05) is 0 Å². The minimum Gasteiger partial charge on any atom is -0.374 e. The average molecular weight is 363 g/mol. The molecule has 0 aromatic carbocycles. The second-order valence-electron chi connectivity index (χ2n) is 7.48. The number of rotatable bonds is 7. The molecule has 0 radical (unpaired) electrons. The second-order valence-corrected chi connectivity index (χ2v) is 10.1. The monoisotopic (exact) mass is 362 g/mol. The highest BCUT2D eigenvalue weighted by molar-refractivity contribution is 7.92. The first-order valence-electron chi connectivity index (χ1n) is 8.53. The van der Waals surface area contributed by atoms with Crippen molar-refractivity contribution < 1.29 is 13.2 Å². The zero-order valence-electron chi connectivity index (χ0n) is 15.9. The zero-order chi connectivity index (χ0) is 18.4. The van der Waals surface area contributed by atoms with E-state index in [4.69, 9.17) is 4.74 Å². The third kappa shape index (κ3) is 6.94. The van der Waals surface area contributed by atoms with Gasteiger partial charge >= 0.3 is 0 Å². The van der Waals surface area contributed by atoms with Crippen LogP contribution in [0.3, 0.4) is 0 Å². The molecule has 0 spiro atoms. The molecule has 1 heterocycles. The smallest absolute Gasteiger partial charge is 0.191 e. The third-order valence-corrected chi connectivity index (χ3v) is 6.40. The van der Waals surface area contributed by atoms with Gasteiger partial charge in [0.25, 0.3) is 0 Å². The molecule has 1 atom stereocenters. The highest BCUT2D eigenvalue weighted by atomic mass is 32.2. The van der Waals surface area contributed by atoms with Crippen LogP contribution in [0.15, 0.2) is 4.99 Å². The van der Waals surface area contributed by atoms with Crippen LogP contribution in [0, 0.1) is 5.92 Å². The molecule has 2 N–H and O–H groups in total. The molecule has 7 nitrogen and oxygen atoms in total. The Morgan fingerprint density at radius 3 is 2.58 bits per heavy atom. The summed E-state index contributed by atoms with van der Waals surface area (Å²) in [5.41, 5.74) is 0. The standard InChI is InChI=1S/C16H34N4O3S/c1-13(2)10-20-7-8-23-14(11-20)9-18-15(17-5)19-12-16(3,4)24(6,21)22/h13-14H,7-12H2,1-6H3,(H2,17,18,19). The topological polar surface area (TPSA) is 83.0 Å². The van der Waals surface area contributed by atoms with Crippen molar-refractivity contribution in [1.82, 2.24) is 15.5 Å². The SMILES string of the molecule is CN=C(NCC1CN(CC(C)C)CCO1)NCC(C)(C)S(C)(=O)=O. The number of nitrogens with zero attached hydrogens (tertiary/aromatic N) is 2. The van der Waals surface area contributed by atoms with Gasteiger partial charge in [0.1, 0.15) is 0 Å². The molecule has 1 fully saturated rings. The van der Waals surface area contributed by atoms with Crippen LogP contribution in [0.2, 0.25) is 0 Å². The molecule has 8 heteroatoms. The van der Waals surface area contributed by atoms with Gasteiger partial charge in [0.05, 0.1) is 17.5 Å². The molecule has 1 saturated heterocycles. The summed E-state index contributed by atoms with van der Waals surface area (Å²) >= 11 is 0. The van der Waals surface area contributed by atoms with Crippen molar-refractivity contribution in [3.63, 3.8) is 0 Å². The van der Waals surface area contributed by atoms with E-state index in [1.165, 1.54) is 6.26 Å². The molecule has 0 aromatic heterocycles. The maximum absolute atomic E-state index is 11.8. The van der Waals surface area contributed by atoms with E-state index in [-0.39, 0.29) is 6.10 Å². The summed E-state index contributed by atoms with van der Waals surface area (Å²) in [6, 6.07) is 0. The first-order chi connectivity index (χ1) is 11.0. The first kappa shape index (κ1) is 21.2. The van der Waals surface area contributed by atoms with Crippen molar-refractivity contribution in [2.45, 2.75) is 38.5 Å². The molecule has 0 amide bonds. The molecule has 0 aliphatic carbocycles. The predicted octanol–water partition coefficient (Wildman–Crippen LogP) is 0.331. The average Bonchev–Trinajstić information content (AvgIpc) is 2.46. The number of hydrogen-bond donors (Lipinski definition) is 2. The molecule has 1 aliphatic rings. The minimum atomic E-state index is -3.14. The van der Waals surface area contributed by atoms with Crippen molar-refractivity contribution in [1.29, 1.82) is 0 Å². The Morgan fingerprint density at radius 2 is 2.04 bits per heavy atom. The van der Waals surface area contributed by atoms with Gasteiger partial charge in [-0.15, -0.1) is 0 Å². The van der Waals surface area contributed by atoms with Crippen LogP contribution < -0.4 is 10.6 Å². The van der Waals surface area contributed by atoms with Crippen molar-refractivity contribution >= 4 is 15.8 Å². The van der Waals surface area contributed by atoms with Crippen molar-refractivity contribution in [2.75, 3.05) is 52.6 Å². The zero-order valence-corrected chi connectivity index (χ0v) is 16.7. The number of guanidine groups is 1. The lowest BCUT2D eigenvalue weighted by Crippen LogP contribution is -2.52. The van der Waals surface area contributed by atoms with Gasteiger partial charge in [-0.3, -0.25) is 9.89 Å². The maximum atomic E-state index is 11.8. The Balaban J connectivity index is 2.44. The molecule has 1 rings (SSSR count). The first-order valence-corrected chi connectivity index (χ1v) is 10.4. The Hall–Kier alpha value is -0.860. The summed E-state index contributed by atoms with van der Waals surface area (Å²) in [6.45, 7) is 12.5. The molecular formula is C16H34N4O3S. The Kier molecular flexibility index (Phi) is 7.95. The van der Waals surface area contributed by atoms with Crippen LogP contribution in [0.5, 0.6) is 0 Å². The highest BCUT2D eigenvalue weighted by Crippen LogP contribution is 2.13. The second kappa shape index (κ2) is 9.01. The van der Waals surface area contributed by atoms with Crippen molar-refractivity contribution in [3.8, 4) is 0 Å². The summed E-state index contributed by atoms with van der Waals surface area (Å²) in [4.78, 5) is 6.58. The van der Waals surface area contributed by atoms with E-state index in [0.717, 1.165) is 26.2 Å². The summed E-state index contributed by atoms with van der Waals surface area (Å²) in [6.07, 6.45) is 1.36. The van der Waals surface area contributed by atoms with Gasteiger partial charge < -0.3 is 15.4 Å². The highest BCUT2D eigenvalue weighted by Gasteiger charge is 2.30. The van der Waals surface area contributed by atoms with Gasteiger partial charge in [0, 0.05) is 46.0 Å². The van der Waals surface area contributed by atoms with Crippen LogP contribution >= 0.6 is 0 Å². The summed E-state index contributed by atoms with van der Waals surface area (Å²) < 4.78 is 28.5. The lowest BCUT2D eigenvalue weighted by atomic mass is 10.2. The molecule has 0 aromatic rings. The molecule has 142 valence electrons. The Labute approximate surface area is 147 Å². The van der Waals surface area contributed by atoms with Gasteiger partial charge in [-0.05, 0) is 19.8 Å². The fraction of sp³-hybridized carbons (Fsp3) is 0.938. The minimum absolute atomic E-state index is 0.110. The molecule has 1 unspecified atom stereocenters. The van der Waals surface area contributed by atoms with Crippen LogP contribution in [-0.4, -0.2) is 82.8 Å². The van der Waals surface area contributed by atoms with Crippen LogP contribution in [-0.2, 0) is 14.6 Å². The van der Waals surface area contributed by atoms with E-state index >= 15 is 0 Å². The summed E-state index contributed by atoms with van der Waals surface area (Å²) in [5, 5.41) is 6.32. The number of ether oxygens (including phenoxy) is 1. The number of hydrogen-bond acceptors (Lipinski definition) is 5. The van der Waals surface area contributed by atoms with Crippen LogP contribution in [0.4, 0.5) is 0 Å². The van der Waals surface area contributed by atoms with E-state index in [1.54, 1.807) is 20.9 Å². The quantitative estimate of drug-likeness (QED) is 0.502. The maximum Gasteiger partial charge on any atom is 0.191 e. The number of sulfone groups is 1. The van der Waals surface area contributed by atoms with Gasteiger partial charge in [0.15, 0.2) is 15.8 Å². The van der Waals surface area contributed by atoms with Gasteiger partial charge in [-0.1, -0.05) is 13.8 Å². The molecule has 24 heavy (non-hydrogen) atoms. The number of aliphatic imine (C=N–C) groups is 1. The third-order valence-electron chi connectivity index (χ3n) is 4.25. The van der Waals surface area contributed by atoms with E-state index in [2.05, 4.69) is 34.4 Å². The largest absolute Gasteiger partial charge is 0.374 e. The van der Waals surface area contributed by atoms with E-state index in [0.29, 0.717) is 25.0 Å². The predicted molar refractivity (Wildman–Crippen MR) is 99.3 cm³/mol. The lowest BCUT2D eigenvalue weighted by molar-refractivity contribution is -0.0284. The van der Waals surface area contributed by atoms with Crippen LogP contribution in [0.1, 0.15) is 27.7 Å². The van der Waals surface area contributed by atoms with Gasteiger partial charge in [-0.25, -0.2) is 8.42 Å². The van der Waals surface area contributed by atoms with E-state index < -0.39 is 14.6 Å². The normalized spacial score (nSPS) is 21.1. The van der Waals surface area contributed by atoms with E-state index in [9.17, 15) is 8.42 Å². The lowest BCUT2D eigenvalue weighted by Gasteiger charge is -2.34. The summed E-state index contributed by atoms with van der Waals surface area (Å²) in [5.74, 6) is 1.24. The fourth-order valence-electron chi connectivity index (χ4n) is 2.44. The van der Waals surface area contributed by atoms with Crippen LogP contribution in [0.25, 0.3) is 0 Å². The molecular weight excluding hydrogens is 328 g/mol. The molecule has 0 saturated carbocycles. The summed E-state index contributed by atoms with van der Waals surface area (Å²) in [7, 11) is -1.46. The molecule has 0 bridgehead atoms. The van der Waals surface area contributed by atoms with Gasteiger partial charge in [0.2, 0.25) is 0 Å². The van der Waals surface area contributed by atoms with Crippen molar-refractivity contribution in [3.05, 3.63) is 0 Å². The molecule has 1 aliphatic heterocycles. The Bertz CT molecular complexity index is 517. The van der Waals surface area contributed by atoms with Crippen molar-refractivity contribution in [2.24, 2.45) is 10.9 Å². The fourth-order valence-corrected chi connectivity index (χ4v) is 2.78.